The number of methoxy groups -OCH3 is 2. The number of alkyl carbamates (subject to hydrolysis) is 1. The molecule has 2 atom stereocenters. The molecule has 0 aliphatic rings. The highest BCUT2D eigenvalue weighted by atomic mass is 16.5. The van der Waals surface area contributed by atoms with E-state index in [1.807, 2.05) is 66.7 Å². The lowest BCUT2D eigenvalue weighted by atomic mass is 10.0. The van der Waals surface area contributed by atoms with Crippen LogP contribution >= 0.6 is 0 Å². The first-order valence-corrected chi connectivity index (χ1v) is 11.5. The van der Waals surface area contributed by atoms with Crippen LogP contribution in [-0.4, -0.2) is 44.3 Å². The summed E-state index contributed by atoms with van der Waals surface area (Å²) in [4.78, 5) is 38.3. The first-order chi connectivity index (χ1) is 17.5. The predicted octanol–water partition coefficient (Wildman–Crippen LogP) is 3.43. The van der Waals surface area contributed by atoms with Crippen LogP contribution in [0.25, 0.3) is 0 Å². The number of ether oxygens (including phenoxy) is 3. The van der Waals surface area contributed by atoms with Crippen LogP contribution in [0.15, 0.2) is 84.9 Å². The van der Waals surface area contributed by atoms with Crippen molar-refractivity contribution in [2.75, 3.05) is 14.2 Å². The monoisotopic (exact) mass is 490 g/mol. The topological polar surface area (TPSA) is 103 Å². The highest BCUT2D eigenvalue weighted by Crippen LogP contribution is 2.15. The van der Waals surface area contributed by atoms with Gasteiger partial charge in [-0.15, -0.1) is 0 Å². The Morgan fingerprint density at radius 1 is 0.722 bits per heavy atom. The molecule has 8 heteroatoms. The fourth-order valence-electron chi connectivity index (χ4n) is 3.61. The Morgan fingerprint density at radius 3 is 1.97 bits per heavy atom. The summed E-state index contributed by atoms with van der Waals surface area (Å²) in [6.07, 6.45) is -0.343. The molecule has 2 amide bonds. The lowest BCUT2D eigenvalue weighted by Crippen LogP contribution is -2.53. The molecule has 0 saturated carbocycles. The number of hydrogen-bond donors (Lipinski definition) is 2. The molecule has 0 aromatic heterocycles. The van der Waals surface area contributed by atoms with Gasteiger partial charge in [0.2, 0.25) is 5.91 Å². The molecule has 8 nitrogen and oxygen atoms in total. The van der Waals surface area contributed by atoms with Crippen molar-refractivity contribution < 1.29 is 28.6 Å². The largest absolute Gasteiger partial charge is 0.497 e. The Balaban J connectivity index is 1.72. The van der Waals surface area contributed by atoms with Gasteiger partial charge in [0, 0.05) is 12.8 Å². The number of nitrogens with one attached hydrogen (secondary N) is 2. The molecule has 0 aliphatic carbocycles. The van der Waals surface area contributed by atoms with Gasteiger partial charge in [0.15, 0.2) is 0 Å². The van der Waals surface area contributed by atoms with E-state index in [9.17, 15) is 14.4 Å². The van der Waals surface area contributed by atoms with Crippen molar-refractivity contribution in [1.82, 2.24) is 10.6 Å². The molecule has 3 aromatic carbocycles. The van der Waals surface area contributed by atoms with Gasteiger partial charge in [0.05, 0.1) is 14.2 Å². The van der Waals surface area contributed by atoms with Crippen molar-refractivity contribution in [3.05, 3.63) is 102 Å². The van der Waals surface area contributed by atoms with Crippen LogP contribution in [0.5, 0.6) is 5.75 Å². The van der Waals surface area contributed by atoms with E-state index in [2.05, 4.69) is 10.6 Å². The molecular formula is C28H30N2O6. The fraction of sp³-hybridized carbons (Fsp3) is 0.250. The van der Waals surface area contributed by atoms with Gasteiger partial charge < -0.3 is 24.8 Å². The first kappa shape index (κ1) is 26.3. The van der Waals surface area contributed by atoms with E-state index in [-0.39, 0.29) is 19.4 Å². The molecule has 0 radical (unpaired) electrons. The highest BCUT2D eigenvalue weighted by molar-refractivity contribution is 5.90. The van der Waals surface area contributed by atoms with E-state index in [4.69, 9.17) is 14.2 Å². The summed E-state index contributed by atoms with van der Waals surface area (Å²) in [7, 11) is 2.81. The Bertz CT molecular complexity index is 1140. The molecule has 0 fully saturated rings. The summed E-state index contributed by atoms with van der Waals surface area (Å²) in [5.41, 5.74) is 2.43. The van der Waals surface area contributed by atoms with E-state index in [1.165, 1.54) is 7.11 Å². The number of carbonyl (C=O) groups is 3. The number of esters is 1. The van der Waals surface area contributed by atoms with Gasteiger partial charge in [0.1, 0.15) is 24.4 Å². The Labute approximate surface area is 210 Å². The van der Waals surface area contributed by atoms with Gasteiger partial charge in [-0.25, -0.2) is 9.59 Å². The number of benzene rings is 3. The summed E-state index contributed by atoms with van der Waals surface area (Å²) >= 11 is 0. The van der Waals surface area contributed by atoms with Crippen molar-refractivity contribution in [3.63, 3.8) is 0 Å². The van der Waals surface area contributed by atoms with Crippen molar-refractivity contribution in [2.24, 2.45) is 0 Å². The first-order valence-electron chi connectivity index (χ1n) is 11.5. The highest BCUT2D eigenvalue weighted by Gasteiger charge is 2.28. The fourth-order valence-corrected chi connectivity index (χ4v) is 3.61. The van der Waals surface area contributed by atoms with Gasteiger partial charge in [-0.1, -0.05) is 72.8 Å². The third-order valence-electron chi connectivity index (χ3n) is 5.48. The molecule has 0 bridgehead atoms. The van der Waals surface area contributed by atoms with Crippen LogP contribution in [0.3, 0.4) is 0 Å². The molecule has 3 rings (SSSR count). The maximum atomic E-state index is 13.3. The van der Waals surface area contributed by atoms with Gasteiger partial charge in [-0.3, -0.25) is 4.79 Å². The Kier molecular flexibility index (Phi) is 9.88. The molecule has 36 heavy (non-hydrogen) atoms. The maximum Gasteiger partial charge on any atom is 0.408 e. The molecule has 0 heterocycles. The quantitative estimate of drug-likeness (QED) is 0.399. The van der Waals surface area contributed by atoms with E-state index in [0.717, 1.165) is 16.7 Å². The van der Waals surface area contributed by atoms with Crippen LogP contribution in [0.2, 0.25) is 0 Å². The van der Waals surface area contributed by atoms with Gasteiger partial charge in [-0.05, 0) is 28.8 Å². The number of rotatable bonds is 11. The minimum Gasteiger partial charge on any atom is -0.497 e. The van der Waals surface area contributed by atoms with Crippen LogP contribution in [-0.2, 0) is 38.5 Å². The van der Waals surface area contributed by atoms with E-state index in [1.54, 1.807) is 25.3 Å². The summed E-state index contributed by atoms with van der Waals surface area (Å²) in [5, 5.41) is 5.36. The molecule has 188 valence electrons. The second kappa shape index (κ2) is 13.5. The lowest BCUT2D eigenvalue weighted by Gasteiger charge is -2.22. The van der Waals surface area contributed by atoms with Gasteiger partial charge in [-0.2, -0.15) is 0 Å². The van der Waals surface area contributed by atoms with Crippen molar-refractivity contribution in [2.45, 2.75) is 31.5 Å². The van der Waals surface area contributed by atoms with E-state index in [0.29, 0.717) is 5.75 Å². The number of amides is 2. The Hall–Kier alpha value is -4.33. The SMILES string of the molecule is COC(=O)[C@H](Cc1cccc(OC)c1)NC(=O)[C@H](Cc1ccccc1)NC(=O)OCc1ccccc1. The molecule has 0 saturated heterocycles. The van der Waals surface area contributed by atoms with Gasteiger partial charge in [0.25, 0.3) is 0 Å². The predicted molar refractivity (Wildman–Crippen MR) is 134 cm³/mol. The maximum absolute atomic E-state index is 13.3. The molecular weight excluding hydrogens is 460 g/mol. The van der Waals surface area contributed by atoms with E-state index >= 15 is 0 Å². The molecule has 0 unspecified atom stereocenters. The zero-order valence-corrected chi connectivity index (χ0v) is 20.3. The summed E-state index contributed by atoms with van der Waals surface area (Å²) < 4.78 is 15.5. The Morgan fingerprint density at radius 2 is 1.33 bits per heavy atom. The molecule has 3 aromatic rings. The normalized spacial score (nSPS) is 12.1. The van der Waals surface area contributed by atoms with Crippen molar-refractivity contribution in [3.8, 4) is 5.75 Å². The van der Waals surface area contributed by atoms with Crippen LogP contribution in [0, 0.1) is 0 Å². The minimum atomic E-state index is -0.979. The molecule has 2 N–H and O–H groups in total. The third kappa shape index (κ3) is 8.16. The van der Waals surface area contributed by atoms with Crippen molar-refractivity contribution >= 4 is 18.0 Å². The van der Waals surface area contributed by atoms with Crippen molar-refractivity contribution in [1.29, 1.82) is 0 Å². The molecule has 0 aliphatic heterocycles. The zero-order chi connectivity index (χ0) is 25.8. The standard InChI is InChI=1S/C28H30N2O6/c1-34-23-15-9-14-22(16-23)18-25(27(32)35-2)29-26(31)24(17-20-10-5-3-6-11-20)30-28(33)36-19-21-12-7-4-8-13-21/h3-16,24-25H,17-19H2,1-2H3,(H,29,31)(H,30,33)/t24-,25-/m0/s1. The smallest absolute Gasteiger partial charge is 0.408 e. The zero-order valence-electron chi connectivity index (χ0n) is 20.3. The average molecular weight is 491 g/mol. The summed E-state index contributed by atoms with van der Waals surface area (Å²) in [6.45, 7) is 0.0625. The average Bonchev–Trinajstić information content (AvgIpc) is 2.92. The second-order valence-electron chi connectivity index (χ2n) is 8.09. The lowest BCUT2D eigenvalue weighted by molar-refractivity contribution is -0.145. The van der Waals surface area contributed by atoms with Gasteiger partial charge >= 0.3 is 12.1 Å². The van der Waals surface area contributed by atoms with Crippen LogP contribution in [0.1, 0.15) is 16.7 Å². The number of carbonyl (C=O) groups excluding carboxylic acids is 3. The van der Waals surface area contributed by atoms with E-state index < -0.39 is 30.1 Å². The summed E-state index contributed by atoms with van der Waals surface area (Å²) in [6, 6.07) is 23.7. The minimum absolute atomic E-state index is 0.0625. The second-order valence-corrected chi connectivity index (χ2v) is 8.09. The third-order valence-corrected chi connectivity index (χ3v) is 5.48. The van der Waals surface area contributed by atoms with Crippen LogP contribution in [0.4, 0.5) is 4.79 Å². The number of hydrogen-bond acceptors (Lipinski definition) is 6. The summed E-state index contributed by atoms with van der Waals surface area (Å²) in [5.74, 6) is -0.502. The van der Waals surface area contributed by atoms with Crippen LogP contribution < -0.4 is 15.4 Å². The molecule has 0 spiro atoms.